The maximum atomic E-state index is 13.7. The van der Waals surface area contributed by atoms with Crippen molar-refractivity contribution in [1.82, 2.24) is 4.57 Å². The van der Waals surface area contributed by atoms with E-state index in [1.165, 1.54) is 15.9 Å². The van der Waals surface area contributed by atoms with Gasteiger partial charge in [-0.3, -0.25) is 9.36 Å². The third-order valence-corrected chi connectivity index (χ3v) is 7.28. The lowest BCUT2D eigenvalue weighted by atomic mass is 9.96. The molecule has 1 aliphatic heterocycles. The number of benzene rings is 2. The highest BCUT2D eigenvalue weighted by Crippen LogP contribution is 2.36. The first-order valence-electron chi connectivity index (χ1n) is 10.7. The molecule has 3 aromatic rings. The summed E-state index contributed by atoms with van der Waals surface area (Å²) in [4.78, 5) is 31.7. The molecule has 182 valence electrons. The van der Waals surface area contributed by atoms with E-state index in [2.05, 4.69) is 20.9 Å². The maximum absolute atomic E-state index is 13.7. The summed E-state index contributed by atoms with van der Waals surface area (Å²) in [6.07, 6.45) is 1.76. The van der Waals surface area contributed by atoms with Crippen molar-refractivity contribution in [1.29, 1.82) is 0 Å². The number of aromatic nitrogens is 1. The minimum atomic E-state index is -0.693. The molecule has 0 N–H and O–H groups in total. The van der Waals surface area contributed by atoms with Crippen molar-refractivity contribution in [2.45, 2.75) is 19.9 Å². The number of rotatable bonds is 6. The van der Waals surface area contributed by atoms with E-state index in [0.29, 0.717) is 41.6 Å². The number of carbonyl (C=O) groups excluding carboxylic acids is 1. The normalized spacial score (nSPS) is 15.5. The lowest BCUT2D eigenvalue weighted by molar-refractivity contribution is -0.139. The van der Waals surface area contributed by atoms with Gasteiger partial charge in [0, 0.05) is 5.02 Å². The van der Waals surface area contributed by atoms with E-state index in [-0.39, 0.29) is 12.2 Å². The SMILES string of the molecule is CCOC(=O)C1=C(C)N=c2sc(=Cc3cc(Br)c(OC)c(OC)c3)c(=O)n2[C@H]1c1ccc(Cl)cc1. The Labute approximate surface area is 219 Å². The summed E-state index contributed by atoms with van der Waals surface area (Å²) >= 11 is 10.8. The molecule has 0 radical (unpaired) electrons. The second kappa shape index (κ2) is 10.4. The molecule has 0 unspecified atom stereocenters. The van der Waals surface area contributed by atoms with Gasteiger partial charge in [0.2, 0.25) is 0 Å². The predicted octanol–water partition coefficient (Wildman–Crippen LogP) is 4.23. The maximum Gasteiger partial charge on any atom is 0.338 e. The summed E-state index contributed by atoms with van der Waals surface area (Å²) in [5.74, 6) is 0.579. The molecular weight excluding hydrogens is 556 g/mol. The van der Waals surface area contributed by atoms with Crippen LogP contribution in [0.15, 0.2) is 61.9 Å². The average molecular weight is 578 g/mol. The Morgan fingerprint density at radius 1 is 1.23 bits per heavy atom. The Hall–Kier alpha value is -2.88. The third kappa shape index (κ3) is 4.80. The highest BCUT2D eigenvalue weighted by molar-refractivity contribution is 9.10. The first-order chi connectivity index (χ1) is 16.8. The fraction of sp³-hybridized carbons (Fsp3) is 0.240. The summed E-state index contributed by atoms with van der Waals surface area (Å²) in [6, 6.07) is 9.99. The van der Waals surface area contributed by atoms with Gasteiger partial charge >= 0.3 is 5.97 Å². The van der Waals surface area contributed by atoms with Gasteiger partial charge in [0.05, 0.1) is 47.1 Å². The monoisotopic (exact) mass is 576 g/mol. The average Bonchev–Trinajstić information content (AvgIpc) is 3.12. The van der Waals surface area contributed by atoms with Crippen molar-refractivity contribution < 1.29 is 19.0 Å². The number of thiazole rings is 1. The summed E-state index contributed by atoms with van der Waals surface area (Å²) in [7, 11) is 3.11. The zero-order valence-corrected chi connectivity index (χ0v) is 22.6. The van der Waals surface area contributed by atoms with Crippen molar-refractivity contribution >= 4 is 50.9 Å². The van der Waals surface area contributed by atoms with Crippen LogP contribution in [-0.2, 0) is 9.53 Å². The van der Waals surface area contributed by atoms with Gasteiger partial charge in [0.15, 0.2) is 16.3 Å². The van der Waals surface area contributed by atoms with E-state index in [4.69, 9.17) is 25.8 Å². The standard InChI is InChI=1S/C25H22BrClN2O5S/c1-5-34-24(31)20-13(2)28-25-29(21(20)15-6-8-16(27)9-7-15)23(30)19(35-25)12-14-10-17(26)22(33-4)18(11-14)32-3/h6-12,21H,5H2,1-4H3/t21-/m0/s1. The summed E-state index contributed by atoms with van der Waals surface area (Å²) in [5, 5.41) is 0.554. The van der Waals surface area contributed by atoms with Crippen LogP contribution in [0.2, 0.25) is 5.02 Å². The molecule has 1 aliphatic rings. The number of fused-ring (bicyclic) bond motifs is 1. The molecule has 35 heavy (non-hydrogen) atoms. The number of halogens is 2. The highest BCUT2D eigenvalue weighted by Gasteiger charge is 2.33. The molecular formula is C25H22BrClN2O5S. The first kappa shape index (κ1) is 25.2. The Bertz CT molecular complexity index is 1510. The zero-order chi connectivity index (χ0) is 25.3. The van der Waals surface area contributed by atoms with Gasteiger partial charge in [-0.15, -0.1) is 0 Å². The van der Waals surface area contributed by atoms with E-state index < -0.39 is 12.0 Å². The molecule has 4 rings (SSSR count). The van der Waals surface area contributed by atoms with Crippen LogP contribution in [0.3, 0.4) is 0 Å². The molecule has 0 amide bonds. The lowest BCUT2D eigenvalue weighted by Crippen LogP contribution is -2.39. The highest BCUT2D eigenvalue weighted by atomic mass is 79.9. The van der Waals surface area contributed by atoms with E-state index in [0.717, 1.165) is 11.1 Å². The van der Waals surface area contributed by atoms with Crippen LogP contribution < -0.4 is 24.4 Å². The molecule has 0 aliphatic carbocycles. The van der Waals surface area contributed by atoms with Crippen molar-refractivity contribution in [3.8, 4) is 11.5 Å². The summed E-state index contributed by atoms with van der Waals surface area (Å²) in [5.41, 5.74) is 2.03. The number of methoxy groups -OCH3 is 2. The zero-order valence-electron chi connectivity index (χ0n) is 19.4. The molecule has 10 heteroatoms. The van der Waals surface area contributed by atoms with E-state index >= 15 is 0 Å². The Kier molecular flexibility index (Phi) is 7.49. The van der Waals surface area contributed by atoms with Gasteiger partial charge < -0.3 is 14.2 Å². The van der Waals surface area contributed by atoms with Gasteiger partial charge in [0.1, 0.15) is 0 Å². The van der Waals surface area contributed by atoms with Gasteiger partial charge in [-0.1, -0.05) is 35.1 Å². The topological polar surface area (TPSA) is 79.1 Å². The van der Waals surface area contributed by atoms with Crippen molar-refractivity contribution in [2.24, 2.45) is 4.99 Å². The second-order valence-corrected chi connectivity index (χ2v) is 9.89. The molecule has 1 atom stereocenters. The lowest BCUT2D eigenvalue weighted by Gasteiger charge is -2.24. The Balaban J connectivity index is 1.94. The van der Waals surface area contributed by atoms with Gasteiger partial charge in [0.25, 0.3) is 5.56 Å². The van der Waals surface area contributed by atoms with Crippen LogP contribution >= 0.6 is 38.9 Å². The number of hydrogen-bond acceptors (Lipinski definition) is 7. The molecule has 0 saturated heterocycles. The van der Waals surface area contributed by atoms with Crippen molar-refractivity contribution in [2.75, 3.05) is 20.8 Å². The quantitative estimate of drug-likeness (QED) is 0.410. The van der Waals surface area contributed by atoms with Crippen LogP contribution in [0, 0.1) is 0 Å². The smallest absolute Gasteiger partial charge is 0.338 e. The molecule has 0 saturated carbocycles. The van der Waals surface area contributed by atoms with Gasteiger partial charge in [-0.05, 0) is 71.2 Å². The number of allylic oxidation sites excluding steroid dienone is 1. The van der Waals surface area contributed by atoms with Gasteiger partial charge in [-0.25, -0.2) is 9.79 Å². The van der Waals surface area contributed by atoms with E-state index in [1.54, 1.807) is 64.5 Å². The van der Waals surface area contributed by atoms with Crippen LogP contribution in [-0.4, -0.2) is 31.4 Å². The second-order valence-electron chi connectivity index (χ2n) is 7.59. The minimum Gasteiger partial charge on any atom is -0.493 e. The van der Waals surface area contributed by atoms with Gasteiger partial charge in [-0.2, -0.15) is 0 Å². The summed E-state index contributed by atoms with van der Waals surface area (Å²) < 4.78 is 18.8. The van der Waals surface area contributed by atoms with E-state index in [1.807, 2.05) is 6.07 Å². The number of nitrogens with zero attached hydrogens (tertiary/aromatic N) is 2. The van der Waals surface area contributed by atoms with Crippen LogP contribution in [0.4, 0.5) is 0 Å². The molecule has 0 fully saturated rings. The van der Waals surface area contributed by atoms with Crippen molar-refractivity contribution in [3.05, 3.63) is 88.0 Å². The van der Waals surface area contributed by atoms with Crippen LogP contribution in [0.25, 0.3) is 6.08 Å². The number of hydrogen-bond donors (Lipinski definition) is 0. The largest absolute Gasteiger partial charge is 0.493 e. The van der Waals surface area contributed by atoms with Crippen molar-refractivity contribution in [3.63, 3.8) is 0 Å². The molecule has 2 aromatic carbocycles. The molecule has 2 heterocycles. The Morgan fingerprint density at radius 3 is 2.57 bits per heavy atom. The predicted molar refractivity (Wildman–Crippen MR) is 139 cm³/mol. The molecule has 0 spiro atoms. The Morgan fingerprint density at radius 2 is 1.94 bits per heavy atom. The first-order valence-corrected chi connectivity index (χ1v) is 12.6. The molecule has 0 bridgehead atoms. The van der Waals surface area contributed by atoms with Crippen LogP contribution in [0.1, 0.15) is 31.0 Å². The number of ether oxygens (including phenoxy) is 3. The fourth-order valence-corrected chi connectivity index (χ4v) is 5.72. The van der Waals surface area contributed by atoms with E-state index in [9.17, 15) is 9.59 Å². The molecule has 1 aromatic heterocycles. The number of esters is 1. The fourth-order valence-electron chi connectivity index (χ4n) is 3.92. The minimum absolute atomic E-state index is 0.210. The third-order valence-electron chi connectivity index (χ3n) is 5.46. The summed E-state index contributed by atoms with van der Waals surface area (Å²) in [6.45, 7) is 3.70. The van der Waals surface area contributed by atoms with Crippen LogP contribution in [0.5, 0.6) is 11.5 Å². The molecule has 7 nitrogen and oxygen atoms in total. The number of carbonyl (C=O) groups is 1.